The summed E-state index contributed by atoms with van der Waals surface area (Å²) in [6, 6.07) is 8.38. The van der Waals surface area contributed by atoms with Gasteiger partial charge in [-0.1, -0.05) is 52.4 Å². The quantitative estimate of drug-likeness (QED) is 0.123. The summed E-state index contributed by atoms with van der Waals surface area (Å²) in [5, 5.41) is 13.3. The number of hydrogen-bond donors (Lipinski definition) is 3. The highest BCUT2D eigenvalue weighted by Crippen LogP contribution is 2.28. The Bertz CT molecular complexity index is 1120. The maximum absolute atomic E-state index is 13.8. The lowest BCUT2D eigenvalue weighted by Crippen LogP contribution is -2.39. The van der Waals surface area contributed by atoms with Crippen LogP contribution < -0.4 is 16.7 Å². The van der Waals surface area contributed by atoms with Gasteiger partial charge in [-0.05, 0) is 74.8 Å². The van der Waals surface area contributed by atoms with Crippen LogP contribution in [0.4, 0.5) is 5.69 Å². The van der Waals surface area contributed by atoms with Crippen molar-refractivity contribution in [1.29, 1.82) is 5.26 Å². The van der Waals surface area contributed by atoms with Crippen LogP contribution in [0.25, 0.3) is 0 Å². The van der Waals surface area contributed by atoms with Gasteiger partial charge in [-0.15, -0.1) is 0 Å². The number of benzene rings is 1. The minimum Gasteiger partial charge on any atom is -0.289 e. The van der Waals surface area contributed by atoms with Crippen molar-refractivity contribution in [2.45, 2.75) is 90.4 Å². The van der Waals surface area contributed by atoms with Gasteiger partial charge in [0.1, 0.15) is 0 Å². The Hall–Kier alpha value is -2.74. The number of rotatable bonds is 10. The van der Waals surface area contributed by atoms with Crippen molar-refractivity contribution in [3.05, 3.63) is 35.4 Å². The number of hydrogen-bond acceptors (Lipinski definition) is 7. The van der Waals surface area contributed by atoms with Gasteiger partial charge >= 0.3 is 0 Å². The molecule has 0 bridgehead atoms. The number of amides is 1. The molecule has 2 unspecified atom stereocenters. The molecule has 4 N–H and O–H groups in total. The van der Waals surface area contributed by atoms with Crippen molar-refractivity contribution in [1.82, 2.24) is 9.73 Å². The molecule has 0 aliphatic carbocycles. The van der Waals surface area contributed by atoms with E-state index in [2.05, 4.69) is 24.4 Å². The molecule has 1 fully saturated rings. The third-order valence-electron chi connectivity index (χ3n) is 7.41. The average molecular weight is 545 g/mol. The molecular formula is C28H44N6O3S. The summed E-state index contributed by atoms with van der Waals surface area (Å²) in [7, 11) is -3.68. The minimum atomic E-state index is -3.68. The number of sulfonamides is 1. The lowest BCUT2D eigenvalue weighted by molar-refractivity contribution is -0.114. The number of nitriles is 1. The fraction of sp³-hybridized carbons (Fsp3) is 0.607. The van der Waals surface area contributed by atoms with Gasteiger partial charge in [-0.3, -0.25) is 15.6 Å². The molecule has 2 atom stereocenters. The zero-order valence-corrected chi connectivity index (χ0v) is 24.1. The Morgan fingerprint density at radius 2 is 1.74 bits per heavy atom. The third-order valence-corrected chi connectivity index (χ3v) is 9.26. The summed E-state index contributed by atoms with van der Waals surface area (Å²) < 4.78 is 29.3. The zero-order chi connectivity index (χ0) is 28.1. The molecule has 210 valence electrons. The molecular weight excluding hydrogens is 500 g/mol. The second kappa shape index (κ2) is 15.6. The molecule has 38 heavy (non-hydrogen) atoms. The van der Waals surface area contributed by atoms with Crippen LogP contribution in [0.2, 0.25) is 0 Å². The fourth-order valence-corrected chi connectivity index (χ4v) is 6.33. The monoisotopic (exact) mass is 544 g/mol. The number of unbranched alkanes of at least 4 members (excludes halogenated alkanes) is 1. The van der Waals surface area contributed by atoms with E-state index < -0.39 is 15.9 Å². The predicted octanol–water partition coefficient (Wildman–Crippen LogP) is 5.09. The number of nitrogens with one attached hydrogen (secondary N) is 2. The van der Waals surface area contributed by atoms with E-state index in [0.29, 0.717) is 41.8 Å². The van der Waals surface area contributed by atoms with Crippen LogP contribution in [0.3, 0.4) is 0 Å². The molecule has 0 saturated carbocycles. The average Bonchev–Trinajstić information content (AvgIpc) is 2.93. The highest BCUT2D eigenvalue weighted by atomic mass is 32.2. The molecule has 1 amide bonds. The van der Waals surface area contributed by atoms with Gasteiger partial charge in [-0.2, -0.15) is 14.7 Å². The van der Waals surface area contributed by atoms with Crippen molar-refractivity contribution >= 4 is 27.3 Å². The van der Waals surface area contributed by atoms with E-state index in [-0.39, 0.29) is 10.6 Å². The van der Waals surface area contributed by atoms with E-state index in [0.717, 1.165) is 51.4 Å². The van der Waals surface area contributed by atoms with Gasteiger partial charge in [0.25, 0.3) is 5.91 Å². The SMILES string of the molecule is CCCCC1CCCCCC(CC)CN(S(=O)(=O)c2ccc(N/N=C(C(=O)NN)/C(C)=C(\C)C#N)cc2)C1. The van der Waals surface area contributed by atoms with Crippen molar-refractivity contribution in [3.63, 3.8) is 0 Å². The maximum Gasteiger partial charge on any atom is 0.285 e. The number of hydrazone groups is 1. The number of carbonyl (C=O) groups is 1. The van der Waals surface area contributed by atoms with E-state index in [4.69, 9.17) is 11.1 Å². The third kappa shape index (κ3) is 8.93. The van der Waals surface area contributed by atoms with Gasteiger partial charge in [0.2, 0.25) is 10.0 Å². The van der Waals surface area contributed by atoms with Gasteiger partial charge < -0.3 is 0 Å². The Kier molecular flexibility index (Phi) is 12.9. The summed E-state index contributed by atoms with van der Waals surface area (Å²) >= 11 is 0. The number of hydrazine groups is 1. The lowest BCUT2D eigenvalue weighted by atomic mass is 9.91. The minimum absolute atomic E-state index is 0.0282. The van der Waals surface area contributed by atoms with Crippen molar-refractivity contribution in [2.24, 2.45) is 22.8 Å². The summed E-state index contributed by atoms with van der Waals surface area (Å²) in [5.74, 6) is 5.35. The Morgan fingerprint density at radius 3 is 2.32 bits per heavy atom. The van der Waals surface area contributed by atoms with Gasteiger partial charge in [-0.25, -0.2) is 14.3 Å². The van der Waals surface area contributed by atoms with Gasteiger partial charge in [0.05, 0.1) is 16.7 Å². The highest BCUT2D eigenvalue weighted by Gasteiger charge is 2.29. The first-order chi connectivity index (χ1) is 18.2. The van der Waals surface area contributed by atoms with Crippen LogP contribution in [0.15, 0.2) is 45.4 Å². The van der Waals surface area contributed by atoms with E-state index in [9.17, 15) is 13.2 Å². The second-order valence-corrected chi connectivity index (χ2v) is 12.1. The Balaban J connectivity index is 2.31. The van der Waals surface area contributed by atoms with Crippen LogP contribution >= 0.6 is 0 Å². The predicted molar refractivity (Wildman–Crippen MR) is 152 cm³/mol. The van der Waals surface area contributed by atoms with Crippen LogP contribution in [0.5, 0.6) is 0 Å². The van der Waals surface area contributed by atoms with Crippen molar-refractivity contribution in [3.8, 4) is 6.07 Å². The fourth-order valence-electron chi connectivity index (χ4n) is 4.74. The smallest absolute Gasteiger partial charge is 0.285 e. The molecule has 2 rings (SSSR count). The number of allylic oxidation sites excluding steroid dienone is 1. The van der Waals surface area contributed by atoms with Crippen LogP contribution in [0.1, 0.15) is 85.5 Å². The van der Waals surface area contributed by atoms with Gasteiger partial charge in [0.15, 0.2) is 5.71 Å². The topological polar surface area (TPSA) is 141 Å². The molecule has 0 spiro atoms. The molecule has 0 aromatic heterocycles. The molecule has 1 saturated heterocycles. The molecule has 1 aliphatic heterocycles. The molecule has 9 nitrogen and oxygen atoms in total. The lowest BCUT2D eigenvalue weighted by Gasteiger charge is -2.31. The summed E-state index contributed by atoms with van der Waals surface area (Å²) in [4.78, 5) is 12.4. The van der Waals surface area contributed by atoms with Crippen LogP contribution in [-0.2, 0) is 14.8 Å². The van der Waals surface area contributed by atoms with E-state index in [1.807, 2.05) is 11.5 Å². The zero-order valence-electron chi connectivity index (χ0n) is 23.3. The molecule has 10 heteroatoms. The van der Waals surface area contributed by atoms with Crippen LogP contribution in [-0.4, -0.2) is 37.4 Å². The van der Waals surface area contributed by atoms with Crippen molar-refractivity contribution < 1.29 is 13.2 Å². The first-order valence-electron chi connectivity index (χ1n) is 13.7. The molecule has 0 radical (unpaired) electrons. The molecule has 1 aliphatic rings. The number of nitrogens with zero attached hydrogens (tertiary/aromatic N) is 3. The molecule has 1 heterocycles. The highest BCUT2D eigenvalue weighted by molar-refractivity contribution is 7.89. The van der Waals surface area contributed by atoms with E-state index in [1.165, 1.54) is 6.42 Å². The largest absolute Gasteiger partial charge is 0.289 e. The summed E-state index contributed by atoms with van der Waals surface area (Å²) in [6.45, 7) is 8.62. The van der Waals surface area contributed by atoms with E-state index >= 15 is 0 Å². The second-order valence-electron chi connectivity index (χ2n) is 10.2. The Labute approximate surface area is 228 Å². The Morgan fingerprint density at radius 1 is 1.11 bits per heavy atom. The summed E-state index contributed by atoms with van der Waals surface area (Å²) in [5.41, 5.74) is 6.00. The van der Waals surface area contributed by atoms with Gasteiger partial charge in [0, 0.05) is 18.7 Å². The molecule has 1 aromatic rings. The normalized spacial score (nSPS) is 20.7. The van der Waals surface area contributed by atoms with Crippen LogP contribution in [0, 0.1) is 23.2 Å². The number of anilines is 1. The molecule has 1 aromatic carbocycles. The standard InChI is InChI=1S/C28H44N6O3S/c1-5-7-11-24-13-10-8-9-12-23(6-2)19-34(20-24)38(36,37)26-16-14-25(15-17-26)32-33-27(28(35)31-30)22(4)21(3)18-29/h14-17,23-24,32H,5-13,19-20,30H2,1-4H3,(H,31,35)/b22-21+,33-27-. The number of nitrogens with two attached hydrogens (primary N) is 1. The first-order valence-corrected chi connectivity index (χ1v) is 15.1. The van der Waals surface area contributed by atoms with Crippen molar-refractivity contribution in [2.75, 3.05) is 18.5 Å². The maximum atomic E-state index is 13.8. The first kappa shape index (κ1) is 31.5. The van der Waals surface area contributed by atoms with E-state index in [1.54, 1.807) is 42.4 Å². The summed E-state index contributed by atoms with van der Waals surface area (Å²) in [6.07, 6.45) is 9.90. The number of carbonyl (C=O) groups excluding carboxylic acids is 1.